The molecule has 0 amide bonds. The van der Waals surface area contributed by atoms with Crippen molar-refractivity contribution in [3.8, 4) is 0 Å². The molecular formula is C7H14N2S. The van der Waals surface area contributed by atoms with Crippen LogP contribution in [0.3, 0.4) is 0 Å². The Kier molecular flexibility index (Phi) is 1.97. The lowest BCUT2D eigenvalue weighted by atomic mass is 9.93. The predicted octanol–water partition coefficient (Wildman–Crippen LogP) is 1.75. The summed E-state index contributed by atoms with van der Waals surface area (Å²) < 4.78 is 0. The van der Waals surface area contributed by atoms with E-state index in [0.29, 0.717) is 0 Å². The van der Waals surface area contributed by atoms with E-state index >= 15 is 0 Å². The molecule has 0 saturated carbocycles. The third-order valence-corrected chi connectivity index (χ3v) is 2.30. The normalized spacial score (nSPS) is 19.6. The molecule has 0 bridgehead atoms. The SMILES string of the molecule is CC(C)(C)C1=CSCN1N. The van der Waals surface area contributed by atoms with Crippen molar-refractivity contribution in [2.75, 3.05) is 5.88 Å². The lowest BCUT2D eigenvalue weighted by Gasteiger charge is -2.26. The molecule has 1 aliphatic rings. The summed E-state index contributed by atoms with van der Waals surface area (Å²) >= 11 is 1.76. The number of hydrazine groups is 1. The maximum atomic E-state index is 5.71. The van der Waals surface area contributed by atoms with Crippen LogP contribution in [0.1, 0.15) is 20.8 Å². The molecule has 0 aromatic rings. The predicted molar refractivity (Wildman–Crippen MR) is 46.0 cm³/mol. The van der Waals surface area contributed by atoms with Gasteiger partial charge in [0, 0.05) is 11.1 Å². The second kappa shape index (κ2) is 2.47. The summed E-state index contributed by atoms with van der Waals surface area (Å²) in [5, 5.41) is 3.95. The minimum absolute atomic E-state index is 0.193. The van der Waals surface area contributed by atoms with E-state index in [2.05, 4.69) is 26.2 Å². The van der Waals surface area contributed by atoms with Crippen LogP contribution in [0, 0.1) is 5.41 Å². The maximum absolute atomic E-state index is 5.71. The first-order chi connectivity index (χ1) is 4.52. The summed E-state index contributed by atoms with van der Waals surface area (Å²) in [6.07, 6.45) is 0. The molecule has 0 aromatic heterocycles. The lowest BCUT2D eigenvalue weighted by Crippen LogP contribution is -2.32. The number of nitrogens with zero attached hydrogens (tertiary/aromatic N) is 1. The Hall–Kier alpha value is -0.150. The highest BCUT2D eigenvalue weighted by Crippen LogP contribution is 2.33. The molecule has 0 aromatic carbocycles. The van der Waals surface area contributed by atoms with Gasteiger partial charge in [0.15, 0.2) is 0 Å². The summed E-state index contributed by atoms with van der Waals surface area (Å²) in [4.78, 5) is 0. The molecule has 0 fully saturated rings. The van der Waals surface area contributed by atoms with E-state index in [1.54, 1.807) is 11.8 Å². The zero-order valence-corrected chi connectivity index (χ0v) is 7.53. The maximum Gasteiger partial charge on any atom is 0.0834 e. The summed E-state index contributed by atoms with van der Waals surface area (Å²) in [5.74, 6) is 6.60. The average molecular weight is 158 g/mol. The Labute approximate surface area is 66.4 Å². The number of hydrogen-bond acceptors (Lipinski definition) is 3. The van der Waals surface area contributed by atoms with Crippen molar-refractivity contribution >= 4 is 11.8 Å². The van der Waals surface area contributed by atoms with Gasteiger partial charge in [-0.05, 0) is 5.41 Å². The molecule has 0 aliphatic carbocycles. The molecule has 0 saturated heterocycles. The van der Waals surface area contributed by atoms with Gasteiger partial charge in [-0.25, -0.2) is 5.84 Å². The molecule has 0 radical (unpaired) electrons. The molecular weight excluding hydrogens is 144 g/mol. The first kappa shape index (κ1) is 7.95. The Morgan fingerprint density at radius 1 is 1.60 bits per heavy atom. The number of nitrogens with two attached hydrogens (primary N) is 1. The third kappa shape index (κ3) is 1.47. The van der Waals surface area contributed by atoms with Crippen LogP contribution in [0.5, 0.6) is 0 Å². The second-order valence-electron chi connectivity index (χ2n) is 3.52. The van der Waals surface area contributed by atoms with Crippen LogP contribution in [-0.4, -0.2) is 10.9 Å². The van der Waals surface area contributed by atoms with Crippen LogP contribution in [0.25, 0.3) is 0 Å². The topological polar surface area (TPSA) is 29.3 Å². The van der Waals surface area contributed by atoms with Crippen LogP contribution in [0.4, 0.5) is 0 Å². The van der Waals surface area contributed by atoms with Crippen molar-refractivity contribution in [3.05, 3.63) is 11.1 Å². The van der Waals surface area contributed by atoms with E-state index in [1.165, 1.54) is 5.70 Å². The van der Waals surface area contributed by atoms with Gasteiger partial charge in [0.25, 0.3) is 0 Å². The van der Waals surface area contributed by atoms with Crippen molar-refractivity contribution in [1.82, 2.24) is 5.01 Å². The van der Waals surface area contributed by atoms with E-state index in [9.17, 15) is 0 Å². The van der Waals surface area contributed by atoms with Crippen LogP contribution >= 0.6 is 11.8 Å². The van der Waals surface area contributed by atoms with Gasteiger partial charge in [-0.15, -0.1) is 11.8 Å². The number of allylic oxidation sites excluding steroid dienone is 1. The van der Waals surface area contributed by atoms with Gasteiger partial charge in [0.2, 0.25) is 0 Å². The Balaban J connectivity index is 2.72. The van der Waals surface area contributed by atoms with E-state index in [-0.39, 0.29) is 5.41 Å². The molecule has 2 N–H and O–H groups in total. The van der Waals surface area contributed by atoms with Crippen LogP contribution < -0.4 is 5.84 Å². The van der Waals surface area contributed by atoms with E-state index < -0.39 is 0 Å². The smallest absolute Gasteiger partial charge is 0.0834 e. The summed E-state index contributed by atoms with van der Waals surface area (Å²) in [7, 11) is 0. The highest BCUT2D eigenvalue weighted by atomic mass is 32.2. The van der Waals surface area contributed by atoms with E-state index in [4.69, 9.17) is 5.84 Å². The zero-order chi connectivity index (χ0) is 7.78. The number of thioether (sulfide) groups is 1. The van der Waals surface area contributed by atoms with E-state index in [1.807, 2.05) is 5.01 Å². The summed E-state index contributed by atoms with van der Waals surface area (Å²) in [6.45, 7) is 6.51. The average Bonchev–Trinajstić information content (AvgIpc) is 2.11. The highest BCUT2D eigenvalue weighted by Gasteiger charge is 2.24. The Bertz CT molecular complexity index is 157. The van der Waals surface area contributed by atoms with Crippen LogP contribution in [0.2, 0.25) is 0 Å². The van der Waals surface area contributed by atoms with Crippen molar-refractivity contribution in [2.24, 2.45) is 11.3 Å². The second-order valence-corrected chi connectivity index (χ2v) is 4.35. The zero-order valence-electron chi connectivity index (χ0n) is 6.72. The molecule has 1 rings (SSSR count). The Morgan fingerprint density at radius 3 is 2.40 bits per heavy atom. The first-order valence-electron chi connectivity index (χ1n) is 3.36. The standard InChI is InChI=1S/C7H14N2S/c1-7(2,3)6-4-10-5-9(6)8/h4H,5,8H2,1-3H3. The quantitative estimate of drug-likeness (QED) is 0.545. The minimum atomic E-state index is 0.193. The molecule has 1 heterocycles. The Morgan fingerprint density at radius 2 is 2.20 bits per heavy atom. The van der Waals surface area contributed by atoms with Gasteiger partial charge in [0.1, 0.15) is 0 Å². The fourth-order valence-corrected chi connectivity index (χ4v) is 1.96. The van der Waals surface area contributed by atoms with Gasteiger partial charge in [-0.3, -0.25) is 0 Å². The molecule has 10 heavy (non-hydrogen) atoms. The highest BCUT2D eigenvalue weighted by molar-refractivity contribution is 8.02. The fraction of sp³-hybridized carbons (Fsp3) is 0.714. The van der Waals surface area contributed by atoms with Crippen LogP contribution in [0.15, 0.2) is 11.1 Å². The van der Waals surface area contributed by atoms with Gasteiger partial charge in [-0.2, -0.15) is 0 Å². The first-order valence-corrected chi connectivity index (χ1v) is 4.41. The molecule has 0 spiro atoms. The van der Waals surface area contributed by atoms with Gasteiger partial charge < -0.3 is 5.01 Å². The van der Waals surface area contributed by atoms with Crippen molar-refractivity contribution < 1.29 is 0 Å². The minimum Gasteiger partial charge on any atom is -0.304 e. The number of hydrogen-bond donors (Lipinski definition) is 1. The summed E-state index contributed by atoms with van der Waals surface area (Å²) in [5.41, 5.74) is 1.43. The fourth-order valence-electron chi connectivity index (χ4n) is 0.941. The molecule has 2 nitrogen and oxygen atoms in total. The molecule has 1 aliphatic heterocycles. The van der Waals surface area contributed by atoms with E-state index in [0.717, 1.165) is 5.88 Å². The largest absolute Gasteiger partial charge is 0.304 e. The van der Waals surface area contributed by atoms with Crippen molar-refractivity contribution in [1.29, 1.82) is 0 Å². The third-order valence-electron chi connectivity index (χ3n) is 1.49. The monoisotopic (exact) mass is 158 g/mol. The van der Waals surface area contributed by atoms with Gasteiger partial charge >= 0.3 is 0 Å². The molecule has 3 heteroatoms. The van der Waals surface area contributed by atoms with Gasteiger partial charge in [0.05, 0.1) is 5.88 Å². The number of rotatable bonds is 0. The molecule has 58 valence electrons. The molecule has 0 unspecified atom stereocenters. The summed E-state index contributed by atoms with van der Waals surface area (Å²) in [6, 6.07) is 0. The van der Waals surface area contributed by atoms with Crippen molar-refractivity contribution in [3.63, 3.8) is 0 Å². The van der Waals surface area contributed by atoms with Crippen molar-refractivity contribution in [2.45, 2.75) is 20.8 Å². The van der Waals surface area contributed by atoms with Crippen LogP contribution in [-0.2, 0) is 0 Å². The lowest BCUT2D eigenvalue weighted by molar-refractivity contribution is 0.317. The molecule has 0 atom stereocenters. The van der Waals surface area contributed by atoms with Gasteiger partial charge in [-0.1, -0.05) is 20.8 Å².